The molecule has 0 aromatic carbocycles. The van der Waals surface area contributed by atoms with Gasteiger partial charge < -0.3 is 0 Å². The first kappa shape index (κ1) is 8.79. The highest BCUT2D eigenvalue weighted by Gasteiger charge is 2.46. The topological polar surface area (TPSA) is 0 Å². The molecular weight excluding hydrogens is 129 g/mol. The van der Waals surface area contributed by atoms with Crippen molar-refractivity contribution in [2.24, 2.45) is 5.92 Å². The van der Waals surface area contributed by atoms with Crippen molar-refractivity contribution in [3.05, 3.63) is 0 Å². The van der Waals surface area contributed by atoms with Crippen molar-refractivity contribution >= 4 is 0 Å². The normalized spacial score (nSPS) is 18.3. The molecule has 56 valence electrons. The van der Waals surface area contributed by atoms with Crippen LogP contribution >= 0.6 is 0 Å². The second-order valence-electron chi connectivity index (χ2n) is 1.82. The molecule has 0 aliphatic heterocycles. The highest BCUT2D eigenvalue weighted by atomic mass is 19.4. The average Bonchev–Trinajstić information content (AvgIpc) is 2.47. The van der Waals surface area contributed by atoms with E-state index in [1.807, 2.05) is 13.8 Å². The summed E-state index contributed by atoms with van der Waals surface area (Å²) in [6.45, 7) is 4.00. The Hall–Kier alpha value is -0.210. The standard InChI is InChI=1S/C4H5F3.C2H6/c5-4(6,7)3-1-2-3;1-2/h3H,1-2H2;1-2H3. The van der Waals surface area contributed by atoms with Gasteiger partial charge in [-0.2, -0.15) is 13.2 Å². The zero-order chi connectivity index (χ0) is 7.49. The van der Waals surface area contributed by atoms with Gasteiger partial charge in [0.2, 0.25) is 0 Å². The van der Waals surface area contributed by atoms with E-state index in [1.165, 1.54) is 0 Å². The van der Waals surface area contributed by atoms with Gasteiger partial charge >= 0.3 is 6.18 Å². The van der Waals surface area contributed by atoms with Gasteiger partial charge in [0, 0.05) is 0 Å². The smallest absolute Gasteiger partial charge is 0.171 e. The van der Waals surface area contributed by atoms with E-state index in [-0.39, 0.29) is 0 Å². The molecular formula is C6H11F3. The van der Waals surface area contributed by atoms with Crippen molar-refractivity contribution in [2.75, 3.05) is 0 Å². The van der Waals surface area contributed by atoms with Gasteiger partial charge in [0.05, 0.1) is 5.92 Å². The van der Waals surface area contributed by atoms with E-state index in [9.17, 15) is 13.2 Å². The van der Waals surface area contributed by atoms with E-state index < -0.39 is 12.1 Å². The summed E-state index contributed by atoms with van der Waals surface area (Å²) in [5.41, 5.74) is 0. The molecule has 1 saturated carbocycles. The van der Waals surface area contributed by atoms with Crippen LogP contribution < -0.4 is 0 Å². The first-order valence-electron chi connectivity index (χ1n) is 3.17. The lowest BCUT2D eigenvalue weighted by molar-refractivity contribution is -0.147. The SMILES string of the molecule is CC.FC(F)(F)C1CC1. The molecule has 0 N–H and O–H groups in total. The van der Waals surface area contributed by atoms with Crippen molar-refractivity contribution < 1.29 is 13.2 Å². The maximum absolute atomic E-state index is 11.2. The van der Waals surface area contributed by atoms with Crippen LogP contribution in [-0.2, 0) is 0 Å². The molecule has 0 radical (unpaired) electrons. The van der Waals surface area contributed by atoms with Crippen LogP contribution in [0.2, 0.25) is 0 Å². The highest BCUT2D eigenvalue weighted by Crippen LogP contribution is 2.43. The Labute approximate surface area is 53.1 Å². The molecule has 3 heteroatoms. The van der Waals surface area contributed by atoms with Gasteiger partial charge in [-0.15, -0.1) is 0 Å². The molecule has 1 aliphatic carbocycles. The number of hydrogen-bond acceptors (Lipinski definition) is 0. The summed E-state index contributed by atoms with van der Waals surface area (Å²) >= 11 is 0. The molecule has 0 bridgehead atoms. The van der Waals surface area contributed by atoms with Crippen LogP contribution in [0.4, 0.5) is 13.2 Å². The Balaban J connectivity index is 0.000000291. The first-order chi connectivity index (χ1) is 4.11. The van der Waals surface area contributed by atoms with Gasteiger partial charge in [-0.25, -0.2) is 0 Å². The van der Waals surface area contributed by atoms with Crippen LogP contribution in [0.3, 0.4) is 0 Å². The third-order valence-corrected chi connectivity index (χ3v) is 1.04. The zero-order valence-electron chi connectivity index (χ0n) is 5.63. The molecule has 0 nitrogen and oxygen atoms in total. The fourth-order valence-corrected chi connectivity index (χ4v) is 0.411. The van der Waals surface area contributed by atoms with E-state index in [1.54, 1.807) is 0 Å². The van der Waals surface area contributed by atoms with Crippen LogP contribution in [-0.4, -0.2) is 6.18 Å². The molecule has 1 rings (SSSR count). The van der Waals surface area contributed by atoms with Crippen molar-refractivity contribution in [1.29, 1.82) is 0 Å². The lowest BCUT2D eigenvalue weighted by Gasteiger charge is -1.99. The molecule has 0 spiro atoms. The molecule has 1 aliphatic rings. The van der Waals surface area contributed by atoms with Gasteiger partial charge in [-0.3, -0.25) is 0 Å². The summed E-state index contributed by atoms with van der Waals surface area (Å²) in [5.74, 6) is -0.951. The van der Waals surface area contributed by atoms with Gasteiger partial charge in [0.25, 0.3) is 0 Å². The van der Waals surface area contributed by atoms with Gasteiger partial charge in [-0.05, 0) is 12.8 Å². The summed E-state index contributed by atoms with van der Waals surface area (Å²) in [7, 11) is 0. The van der Waals surface area contributed by atoms with Gasteiger partial charge in [0.1, 0.15) is 0 Å². The number of hydrogen-bond donors (Lipinski definition) is 0. The molecule has 0 heterocycles. The second-order valence-corrected chi connectivity index (χ2v) is 1.82. The summed E-state index contributed by atoms with van der Waals surface area (Å²) in [6.07, 6.45) is -3.19. The van der Waals surface area contributed by atoms with Crippen LogP contribution in [0.15, 0.2) is 0 Å². The van der Waals surface area contributed by atoms with E-state index in [0.717, 1.165) is 0 Å². The molecule has 0 saturated heterocycles. The predicted octanol–water partition coefficient (Wildman–Crippen LogP) is 2.98. The molecule has 1 fully saturated rings. The van der Waals surface area contributed by atoms with Crippen molar-refractivity contribution in [2.45, 2.75) is 32.9 Å². The lowest BCUT2D eigenvalue weighted by atomic mass is 10.4. The van der Waals surface area contributed by atoms with Crippen LogP contribution in [0.25, 0.3) is 0 Å². The van der Waals surface area contributed by atoms with Crippen LogP contribution in [0.5, 0.6) is 0 Å². The largest absolute Gasteiger partial charge is 0.391 e. The zero-order valence-corrected chi connectivity index (χ0v) is 5.63. The minimum atomic E-state index is -3.89. The van der Waals surface area contributed by atoms with E-state index in [4.69, 9.17) is 0 Å². The van der Waals surface area contributed by atoms with Crippen molar-refractivity contribution in [3.63, 3.8) is 0 Å². The Morgan fingerprint density at radius 3 is 1.44 bits per heavy atom. The maximum atomic E-state index is 11.2. The summed E-state index contributed by atoms with van der Waals surface area (Å²) in [6, 6.07) is 0. The van der Waals surface area contributed by atoms with Crippen LogP contribution in [0, 0.1) is 5.92 Å². The second kappa shape index (κ2) is 3.08. The third kappa shape index (κ3) is 3.38. The molecule has 0 aromatic rings. The number of alkyl halides is 3. The number of halogens is 3. The minimum absolute atomic E-state index is 0.351. The fraction of sp³-hybridized carbons (Fsp3) is 1.00. The van der Waals surface area contributed by atoms with Crippen molar-refractivity contribution in [1.82, 2.24) is 0 Å². The van der Waals surface area contributed by atoms with E-state index in [0.29, 0.717) is 12.8 Å². The van der Waals surface area contributed by atoms with Gasteiger partial charge in [-0.1, -0.05) is 13.8 Å². The fourth-order valence-electron chi connectivity index (χ4n) is 0.411. The molecule has 0 aromatic heterocycles. The molecule has 0 amide bonds. The van der Waals surface area contributed by atoms with Crippen LogP contribution in [0.1, 0.15) is 26.7 Å². The Morgan fingerprint density at radius 1 is 1.11 bits per heavy atom. The molecule has 9 heavy (non-hydrogen) atoms. The average molecular weight is 140 g/mol. The lowest BCUT2D eigenvalue weighted by Crippen LogP contribution is -2.08. The Kier molecular flexibility index (Phi) is 3.01. The third-order valence-electron chi connectivity index (χ3n) is 1.04. The number of rotatable bonds is 0. The maximum Gasteiger partial charge on any atom is 0.391 e. The van der Waals surface area contributed by atoms with Gasteiger partial charge in [0.15, 0.2) is 0 Å². The molecule has 0 unspecified atom stereocenters. The highest BCUT2D eigenvalue weighted by molar-refractivity contribution is 4.79. The Morgan fingerprint density at radius 2 is 1.44 bits per heavy atom. The van der Waals surface area contributed by atoms with Crippen molar-refractivity contribution in [3.8, 4) is 0 Å². The summed E-state index contributed by atoms with van der Waals surface area (Å²) in [4.78, 5) is 0. The summed E-state index contributed by atoms with van der Waals surface area (Å²) < 4.78 is 33.7. The summed E-state index contributed by atoms with van der Waals surface area (Å²) in [5, 5.41) is 0. The quantitative estimate of drug-likeness (QED) is 0.485. The van der Waals surface area contributed by atoms with E-state index >= 15 is 0 Å². The first-order valence-corrected chi connectivity index (χ1v) is 3.17. The molecule has 0 atom stereocenters. The Bertz CT molecular complexity index is 70.9. The van der Waals surface area contributed by atoms with E-state index in [2.05, 4.69) is 0 Å². The monoisotopic (exact) mass is 140 g/mol. The predicted molar refractivity (Wildman–Crippen MR) is 30.1 cm³/mol. The minimum Gasteiger partial charge on any atom is -0.171 e.